The van der Waals surface area contributed by atoms with E-state index >= 15 is 0 Å². The van der Waals surface area contributed by atoms with Gasteiger partial charge in [0.2, 0.25) is 0 Å². The molecule has 27 heavy (non-hydrogen) atoms. The first-order valence-corrected chi connectivity index (χ1v) is 8.58. The summed E-state index contributed by atoms with van der Waals surface area (Å²) in [5.74, 6) is 1.61. The zero-order chi connectivity index (χ0) is 19.4. The van der Waals surface area contributed by atoms with Crippen molar-refractivity contribution >= 4 is 11.4 Å². The van der Waals surface area contributed by atoms with E-state index in [0.717, 1.165) is 5.56 Å². The van der Waals surface area contributed by atoms with Crippen molar-refractivity contribution in [1.82, 2.24) is 10.2 Å². The second-order valence-electron chi connectivity index (χ2n) is 6.32. The van der Waals surface area contributed by atoms with Crippen LogP contribution in [0.2, 0.25) is 0 Å². The minimum atomic E-state index is -0.345. The lowest BCUT2D eigenvalue weighted by molar-refractivity contribution is 0.355. The fourth-order valence-corrected chi connectivity index (χ4v) is 2.68. The summed E-state index contributed by atoms with van der Waals surface area (Å²) in [5, 5.41) is 13.8. The number of nitrogens with zero attached hydrogens (tertiary/aromatic N) is 2. The van der Waals surface area contributed by atoms with Crippen molar-refractivity contribution in [2.24, 2.45) is 10.2 Å². The largest absolute Gasteiger partial charge is 0.493 e. The third-order valence-electron chi connectivity index (χ3n) is 4.25. The third-order valence-corrected chi connectivity index (χ3v) is 4.25. The topological polar surface area (TPSA) is 91.8 Å². The molecule has 0 fully saturated rings. The van der Waals surface area contributed by atoms with Gasteiger partial charge in [-0.05, 0) is 41.8 Å². The molecule has 1 heterocycles. The SMILES string of the molecule is COc1ccc(-c2[nH][nH]c(=O)c2N=Nc2ccc(C(C)C)cc2)cc1OC. The highest BCUT2D eigenvalue weighted by molar-refractivity contribution is 5.73. The van der Waals surface area contributed by atoms with Crippen molar-refractivity contribution in [1.29, 1.82) is 0 Å². The molecule has 0 radical (unpaired) electrons. The van der Waals surface area contributed by atoms with Crippen molar-refractivity contribution in [2.75, 3.05) is 14.2 Å². The molecule has 3 rings (SSSR count). The Bertz CT molecular complexity index is 1000. The lowest BCUT2D eigenvalue weighted by Gasteiger charge is -2.08. The van der Waals surface area contributed by atoms with Crippen molar-refractivity contribution in [3.63, 3.8) is 0 Å². The summed E-state index contributed by atoms with van der Waals surface area (Å²) in [5.41, 5.74) is 3.02. The first kappa shape index (κ1) is 18.4. The van der Waals surface area contributed by atoms with Crippen LogP contribution in [0.15, 0.2) is 57.5 Å². The highest BCUT2D eigenvalue weighted by Crippen LogP contribution is 2.34. The third kappa shape index (κ3) is 3.92. The quantitative estimate of drug-likeness (QED) is 0.606. The molecular formula is C20H22N4O3. The number of nitrogens with one attached hydrogen (secondary N) is 2. The summed E-state index contributed by atoms with van der Waals surface area (Å²) < 4.78 is 10.6. The van der Waals surface area contributed by atoms with Crippen LogP contribution in [0.4, 0.5) is 11.4 Å². The molecule has 7 heteroatoms. The molecular weight excluding hydrogens is 344 g/mol. The first-order valence-electron chi connectivity index (χ1n) is 8.58. The molecule has 0 unspecified atom stereocenters. The van der Waals surface area contributed by atoms with Crippen molar-refractivity contribution < 1.29 is 9.47 Å². The Morgan fingerprint density at radius 2 is 1.59 bits per heavy atom. The van der Waals surface area contributed by atoms with E-state index in [4.69, 9.17) is 9.47 Å². The fraction of sp³-hybridized carbons (Fsp3) is 0.250. The van der Waals surface area contributed by atoms with E-state index < -0.39 is 0 Å². The molecule has 0 spiro atoms. The van der Waals surface area contributed by atoms with E-state index in [9.17, 15) is 4.79 Å². The van der Waals surface area contributed by atoms with Gasteiger partial charge in [-0.25, -0.2) is 0 Å². The molecule has 140 valence electrons. The number of rotatable bonds is 6. The number of ether oxygens (including phenoxy) is 2. The zero-order valence-electron chi connectivity index (χ0n) is 15.7. The van der Waals surface area contributed by atoms with Crippen LogP contribution in [0.1, 0.15) is 25.3 Å². The summed E-state index contributed by atoms with van der Waals surface area (Å²) in [6.45, 7) is 4.26. The second-order valence-corrected chi connectivity index (χ2v) is 6.32. The number of hydrogen-bond donors (Lipinski definition) is 2. The monoisotopic (exact) mass is 366 g/mol. The Balaban J connectivity index is 1.94. The number of aromatic amines is 2. The molecule has 3 aromatic rings. The summed E-state index contributed by atoms with van der Waals surface area (Å²) >= 11 is 0. The average Bonchev–Trinajstić information content (AvgIpc) is 3.06. The molecule has 0 aliphatic rings. The number of benzene rings is 2. The number of hydrogen-bond acceptors (Lipinski definition) is 5. The van der Waals surface area contributed by atoms with Crippen LogP contribution in [0, 0.1) is 0 Å². The van der Waals surface area contributed by atoms with Gasteiger partial charge in [-0.1, -0.05) is 26.0 Å². The molecule has 0 amide bonds. The van der Waals surface area contributed by atoms with Crippen LogP contribution in [0.3, 0.4) is 0 Å². The molecule has 2 N–H and O–H groups in total. The molecule has 0 aliphatic carbocycles. The van der Waals surface area contributed by atoms with E-state index in [2.05, 4.69) is 34.3 Å². The molecule has 0 bridgehead atoms. The van der Waals surface area contributed by atoms with Crippen LogP contribution >= 0.6 is 0 Å². The maximum absolute atomic E-state index is 12.2. The van der Waals surface area contributed by atoms with Crippen molar-refractivity contribution in [2.45, 2.75) is 19.8 Å². The molecule has 0 aliphatic heterocycles. The number of H-pyrrole nitrogens is 2. The van der Waals surface area contributed by atoms with Gasteiger partial charge in [-0.2, -0.15) is 5.11 Å². The predicted molar refractivity (Wildman–Crippen MR) is 105 cm³/mol. The van der Waals surface area contributed by atoms with E-state index in [-0.39, 0.29) is 11.2 Å². The Hall–Kier alpha value is -3.35. The van der Waals surface area contributed by atoms with E-state index in [1.165, 1.54) is 5.56 Å². The Kier molecular flexibility index (Phi) is 5.40. The van der Waals surface area contributed by atoms with Crippen LogP contribution < -0.4 is 15.0 Å². The van der Waals surface area contributed by atoms with Gasteiger partial charge in [0, 0.05) is 5.56 Å². The minimum absolute atomic E-state index is 0.204. The standard InChI is InChI=1S/C20H22N4O3/c1-12(2)13-5-8-15(9-6-13)21-23-19-18(22-24-20(19)25)14-7-10-16(26-3)17(11-14)27-4/h5-12H,1-4H3,(H2,22,24,25). The van der Waals surface area contributed by atoms with Gasteiger partial charge < -0.3 is 9.47 Å². The fourth-order valence-electron chi connectivity index (χ4n) is 2.68. The van der Waals surface area contributed by atoms with Crippen molar-refractivity contribution in [3.8, 4) is 22.8 Å². The number of azo groups is 1. The zero-order valence-corrected chi connectivity index (χ0v) is 15.7. The van der Waals surface area contributed by atoms with Crippen LogP contribution in [0.5, 0.6) is 11.5 Å². The summed E-state index contributed by atoms with van der Waals surface area (Å²) in [7, 11) is 3.13. The number of aromatic nitrogens is 2. The van der Waals surface area contributed by atoms with E-state index in [0.29, 0.717) is 28.8 Å². The highest BCUT2D eigenvalue weighted by Gasteiger charge is 2.14. The Morgan fingerprint density at radius 3 is 2.22 bits per heavy atom. The lowest BCUT2D eigenvalue weighted by atomic mass is 10.0. The maximum Gasteiger partial charge on any atom is 0.292 e. The highest BCUT2D eigenvalue weighted by atomic mass is 16.5. The van der Waals surface area contributed by atoms with Gasteiger partial charge in [0.1, 0.15) is 0 Å². The van der Waals surface area contributed by atoms with E-state index in [1.54, 1.807) is 26.4 Å². The average molecular weight is 366 g/mol. The Morgan fingerprint density at radius 1 is 0.889 bits per heavy atom. The summed E-state index contributed by atoms with van der Waals surface area (Å²) in [6, 6.07) is 13.1. The van der Waals surface area contributed by atoms with Gasteiger partial charge in [0.05, 0.1) is 25.6 Å². The molecule has 0 saturated carbocycles. The van der Waals surface area contributed by atoms with E-state index in [1.807, 2.05) is 30.3 Å². The molecule has 7 nitrogen and oxygen atoms in total. The maximum atomic E-state index is 12.2. The van der Waals surface area contributed by atoms with Gasteiger partial charge in [-0.3, -0.25) is 15.0 Å². The lowest BCUT2D eigenvalue weighted by Crippen LogP contribution is -1.96. The smallest absolute Gasteiger partial charge is 0.292 e. The molecule has 1 aromatic heterocycles. The Labute approximate surface area is 157 Å². The summed E-state index contributed by atoms with van der Waals surface area (Å²) in [4.78, 5) is 12.2. The number of methoxy groups -OCH3 is 2. The van der Waals surface area contributed by atoms with Crippen LogP contribution in [-0.2, 0) is 0 Å². The minimum Gasteiger partial charge on any atom is -0.493 e. The molecule has 2 aromatic carbocycles. The van der Waals surface area contributed by atoms with Gasteiger partial charge in [0.25, 0.3) is 5.56 Å². The molecule has 0 atom stereocenters. The van der Waals surface area contributed by atoms with Crippen molar-refractivity contribution in [3.05, 3.63) is 58.4 Å². The van der Waals surface area contributed by atoms with Gasteiger partial charge in [-0.15, -0.1) is 5.11 Å². The summed E-state index contributed by atoms with van der Waals surface area (Å²) in [6.07, 6.45) is 0. The first-order chi connectivity index (χ1) is 13.0. The van der Waals surface area contributed by atoms with Crippen LogP contribution in [-0.4, -0.2) is 24.4 Å². The van der Waals surface area contributed by atoms with Gasteiger partial charge in [0.15, 0.2) is 17.2 Å². The second kappa shape index (κ2) is 7.90. The predicted octanol–water partition coefficient (Wildman–Crippen LogP) is 4.93. The normalized spacial score (nSPS) is 11.3. The van der Waals surface area contributed by atoms with Crippen LogP contribution in [0.25, 0.3) is 11.3 Å². The van der Waals surface area contributed by atoms with Gasteiger partial charge >= 0.3 is 0 Å². The molecule has 0 saturated heterocycles.